The third-order valence-corrected chi connectivity index (χ3v) is 6.30. The lowest BCUT2D eigenvalue weighted by molar-refractivity contribution is -0.137. The quantitative estimate of drug-likeness (QED) is 0.191. The molecule has 180 valence electrons. The van der Waals surface area contributed by atoms with Crippen molar-refractivity contribution < 1.29 is 19.1 Å². The number of benzene rings is 4. The summed E-state index contributed by atoms with van der Waals surface area (Å²) in [5.74, 6) is -1.03. The second-order valence-electron chi connectivity index (χ2n) is 7.79. The van der Waals surface area contributed by atoms with E-state index in [9.17, 15) is 14.4 Å². The summed E-state index contributed by atoms with van der Waals surface area (Å²) in [5, 5.41) is 7.61. The topological polar surface area (TPSA) is 84.5 Å². The second-order valence-corrected chi connectivity index (χ2v) is 8.84. The van der Waals surface area contributed by atoms with Crippen molar-refractivity contribution in [3.63, 3.8) is 0 Å². The molecule has 0 atom stereocenters. The van der Waals surface area contributed by atoms with E-state index in [1.807, 2.05) is 54.6 Å². The molecule has 0 unspecified atom stereocenters. The number of carbonyl (C=O) groups excluding carboxylic acids is 3. The van der Waals surface area contributed by atoms with Crippen LogP contribution in [0.5, 0.6) is 0 Å². The number of rotatable bonds is 8. The SMILES string of the molecule is COC(=O)CSc1cccc(NC(=O)/C(=C/c2cccc3ccccc23)NC(=O)c2ccccc2)c1. The van der Waals surface area contributed by atoms with Gasteiger partial charge in [0.1, 0.15) is 5.70 Å². The van der Waals surface area contributed by atoms with Crippen molar-refractivity contribution in [2.24, 2.45) is 0 Å². The maximum atomic E-state index is 13.4. The molecular formula is C29H24N2O4S. The van der Waals surface area contributed by atoms with E-state index in [1.54, 1.807) is 48.5 Å². The van der Waals surface area contributed by atoms with Gasteiger partial charge in [-0.1, -0.05) is 66.7 Å². The van der Waals surface area contributed by atoms with Crippen molar-refractivity contribution >= 4 is 52.1 Å². The van der Waals surface area contributed by atoms with Gasteiger partial charge in [0.25, 0.3) is 11.8 Å². The third kappa shape index (κ3) is 6.40. The lowest BCUT2D eigenvalue weighted by atomic mass is 10.0. The molecule has 6 nitrogen and oxygen atoms in total. The molecule has 4 aromatic carbocycles. The van der Waals surface area contributed by atoms with E-state index in [-0.39, 0.29) is 23.3 Å². The van der Waals surface area contributed by atoms with Gasteiger partial charge in [0.15, 0.2) is 0 Å². The Hall–Kier alpha value is -4.36. The van der Waals surface area contributed by atoms with Gasteiger partial charge in [-0.3, -0.25) is 14.4 Å². The van der Waals surface area contributed by atoms with Crippen LogP contribution in [0.4, 0.5) is 5.69 Å². The van der Waals surface area contributed by atoms with E-state index in [1.165, 1.54) is 18.9 Å². The Morgan fingerprint density at radius 3 is 2.39 bits per heavy atom. The first-order chi connectivity index (χ1) is 17.5. The van der Waals surface area contributed by atoms with Crippen molar-refractivity contribution in [3.8, 4) is 0 Å². The van der Waals surface area contributed by atoms with Crippen molar-refractivity contribution in [2.75, 3.05) is 18.2 Å². The molecule has 0 radical (unpaired) electrons. The number of nitrogens with one attached hydrogen (secondary N) is 2. The average molecular weight is 497 g/mol. The van der Waals surface area contributed by atoms with Crippen LogP contribution in [0.15, 0.2) is 108 Å². The summed E-state index contributed by atoms with van der Waals surface area (Å²) < 4.78 is 4.68. The Balaban J connectivity index is 1.63. The summed E-state index contributed by atoms with van der Waals surface area (Å²) in [6.45, 7) is 0. The monoisotopic (exact) mass is 496 g/mol. The van der Waals surface area contributed by atoms with Crippen LogP contribution in [0.25, 0.3) is 16.8 Å². The van der Waals surface area contributed by atoms with Crippen LogP contribution in [-0.2, 0) is 14.3 Å². The predicted octanol–water partition coefficient (Wildman–Crippen LogP) is 5.51. The molecule has 0 saturated carbocycles. The summed E-state index contributed by atoms with van der Waals surface area (Å²) >= 11 is 1.30. The fraction of sp³-hybridized carbons (Fsp3) is 0.0690. The first kappa shape index (κ1) is 24.8. The number of fused-ring (bicyclic) bond motifs is 1. The highest BCUT2D eigenvalue weighted by atomic mass is 32.2. The summed E-state index contributed by atoms with van der Waals surface area (Å²) in [5.41, 5.74) is 1.88. The number of carbonyl (C=O) groups is 3. The van der Waals surface area contributed by atoms with Gasteiger partial charge in [0.2, 0.25) is 0 Å². The minimum absolute atomic E-state index is 0.104. The van der Waals surface area contributed by atoms with Gasteiger partial charge in [-0.15, -0.1) is 11.8 Å². The molecular weight excluding hydrogens is 472 g/mol. The molecule has 4 aromatic rings. The number of methoxy groups -OCH3 is 1. The average Bonchev–Trinajstić information content (AvgIpc) is 2.92. The van der Waals surface area contributed by atoms with E-state index in [4.69, 9.17) is 0 Å². The Kier molecular flexibility index (Phi) is 8.16. The number of thioether (sulfide) groups is 1. The lowest BCUT2D eigenvalue weighted by Crippen LogP contribution is -2.30. The van der Waals surface area contributed by atoms with Gasteiger partial charge in [-0.25, -0.2) is 0 Å². The highest BCUT2D eigenvalue weighted by Crippen LogP contribution is 2.23. The van der Waals surface area contributed by atoms with Gasteiger partial charge >= 0.3 is 5.97 Å². The number of anilines is 1. The normalized spacial score (nSPS) is 11.1. The zero-order chi connectivity index (χ0) is 25.3. The Bertz CT molecular complexity index is 1430. The van der Waals surface area contributed by atoms with Crippen molar-refractivity contribution in [2.45, 2.75) is 4.90 Å². The van der Waals surface area contributed by atoms with Crippen LogP contribution in [0.1, 0.15) is 15.9 Å². The molecule has 2 N–H and O–H groups in total. The van der Waals surface area contributed by atoms with Gasteiger partial charge in [0.05, 0.1) is 12.9 Å². The van der Waals surface area contributed by atoms with Crippen molar-refractivity contribution in [3.05, 3.63) is 114 Å². The van der Waals surface area contributed by atoms with Gasteiger partial charge in [-0.2, -0.15) is 0 Å². The molecule has 0 saturated heterocycles. The number of hydrogen-bond acceptors (Lipinski definition) is 5. The maximum Gasteiger partial charge on any atom is 0.315 e. The largest absolute Gasteiger partial charge is 0.468 e. The van der Waals surface area contributed by atoms with E-state index in [0.29, 0.717) is 11.3 Å². The minimum atomic E-state index is -0.470. The van der Waals surface area contributed by atoms with E-state index < -0.39 is 5.91 Å². The zero-order valence-corrected chi connectivity index (χ0v) is 20.4. The summed E-state index contributed by atoms with van der Waals surface area (Å²) in [7, 11) is 1.34. The zero-order valence-electron chi connectivity index (χ0n) is 19.6. The third-order valence-electron chi connectivity index (χ3n) is 5.33. The maximum absolute atomic E-state index is 13.4. The molecule has 0 fully saturated rings. The van der Waals surface area contributed by atoms with Crippen LogP contribution in [0.3, 0.4) is 0 Å². The van der Waals surface area contributed by atoms with E-state index in [2.05, 4.69) is 15.4 Å². The molecule has 4 rings (SSSR count). The molecule has 36 heavy (non-hydrogen) atoms. The molecule has 0 aliphatic rings. The van der Waals surface area contributed by atoms with Crippen LogP contribution in [-0.4, -0.2) is 30.6 Å². The highest BCUT2D eigenvalue weighted by Gasteiger charge is 2.16. The Morgan fingerprint density at radius 1 is 0.861 bits per heavy atom. The van der Waals surface area contributed by atoms with Crippen LogP contribution in [0, 0.1) is 0 Å². The molecule has 0 aliphatic carbocycles. The first-order valence-corrected chi connectivity index (χ1v) is 12.2. The van der Waals surface area contributed by atoms with Crippen molar-refractivity contribution in [1.29, 1.82) is 0 Å². The van der Waals surface area contributed by atoms with E-state index >= 15 is 0 Å². The molecule has 0 aromatic heterocycles. The predicted molar refractivity (Wildman–Crippen MR) is 144 cm³/mol. The Labute approximate surface area is 213 Å². The molecule has 0 bridgehead atoms. The summed E-state index contributed by atoms with van der Waals surface area (Å²) in [6.07, 6.45) is 1.67. The Morgan fingerprint density at radius 2 is 1.58 bits per heavy atom. The number of amides is 2. The standard InChI is InChI=1S/C29H24N2O4S/c1-35-27(32)19-36-24-15-8-14-23(18-24)30-29(34)26(31-28(33)21-10-3-2-4-11-21)17-22-13-7-12-20-9-5-6-16-25(20)22/h2-18H,19H2,1H3,(H,30,34)(H,31,33)/b26-17-. The van der Waals surface area contributed by atoms with Gasteiger partial charge in [-0.05, 0) is 52.7 Å². The lowest BCUT2D eigenvalue weighted by Gasteiger charge is -2.13. The number of hydrogen-bond donors (Lipinski definition) is 2. The summed E-state index contributed by atoms with van der Waals surface area (Å²) in [6, 6.07) is 29.5. The fourth-order valence-corrected chi connectivity index (χ4v) is 4.32. The first-order valence-electron chi connectivity index (χ1n) is 11.2. The van der Waals surface area contributed by atoms with Crippen molar-refractivity contribution in [1.82, 2.24) is 5.32 Å². The molecule has 2 amide bonds. The fourth-order valence-electron chi connectivity index (χ4n) is 3.54. The van der Waals surface area contributed by atoms with Gasteiger partial charge < -0.3 is 15.4 Å². The number of ether oxygens (including phenoxy) is 1. The van der Waals surface area contributed by atoms with Crippen LogP contribution < -0.4 is 10.6 Å². The second kappa shape index (κ2) is 11.9. The minimum Gasteiger partial charge on any atom is -0.468 e. The molecule has 0 aliphatic heterocycles. The molecule has 0 spiro atoms. The molecule has 7 heteroatoms. The number of esters is 1. The molecule has 0 heterocycles. The van der Waals surface area contributed by atoms with Crippen LogP contribution >= 0.6 is 11.8 Å². The van der Waals surface area contributed by atoms with Crippen LogP contribution in [0.2, 0.25) is 0 Å². The summed E-state index contributed by atoms with van der Waals surface area (Å²) in [4.78, 5) is 38.5. The smallest absolute Gasteiger partial charge is 0.315 e. The highest BCUT2D eigenvalue weighted by molar-refractivity contribution is 8.00. The van der Waals surface area contributed by atoms with E-state index in [0.717, 1.165) is 21.2 Å². The van der Waals surface area contributed by atoms with Gasteiger partial charge in [0, 0.05) is 16.1 Å².